The second-order valence-electron chi connectivity index (χ2n) is 4.72. The van der Waals surface area contributed by atoms with Gasteiger partial charge in [-0.05, 0) is 12.1 Å². The molecule has 0 radical (unpaired) electrons. The van der Waals surface area contributed by atoms with Crippen LogP contribution in [0.25, 0.3) is 0 Å². The van der Waals surface area contributed by atoms with Gasteiger partial charge >= 0.3 is 0 Å². The largest absolute Gasteiger partial charge is 0.368 e. The number of para-hydroxylation sites is 1. The van der Waals surface area contributed by atoms with Crippen LogP contribution in [0.1, 0.15) is 10.6 Å². The Hall–Kier alpha value is -2.50. The fourth-order valence-electron chi connectivity index (χ4n) is 2.36. The van der Waals surface area contributed by atoms with Crippen LogP contribution in [0.15, 0.2) is 40.9 Å². The van der Waals surface area contributed by atoms with Crippen molar-refractivity contribution in [1.29, 1.82) is 0 Å². The number of aromatic nitrogens is 1. The van der Waals surface area contributed by atoms with Gasteiger partial charge in [0.15, 0.2) is 5.82 Å². The molecule has 2 N–H and O–H groups in total. The molecule has 1 saturated heterocycles. The molecule has 0 saturated carbocycles. The summed E-state index contributed by atoms with van der Waals surface area (Å²) in [5, 5.41) is 3.89. The van der Waals surface area contributed by atoms with Gasteiger partial charge in [0.05, 0.1) is 0 Å². The lowest BCUT2D eigenvalue weighted by Gasteiger charge is -2.35. The van der Waals surface area contributed by atoms with Gasteiger partial charge in [0.2, 0.25) is 5.76 Å². The lowest BCUT2D eigenvalue weighted by atomic mass is 10.2. The number of hydrogen-bond donors (Lipinski definition) is 1. The number of piperazine rings is 1. The van der Waals surface area contributed by atoms with E-state index in [1.54, 1.807) is 6.07 Å². The van der Waals surface area contributed by atoms with E-state index < -0.39 is 5.91 Å². The van der Waals surface area contributed by atoms with Gasteiger partial charge in [0.1, 0.15) is 0 Å². The standard InChI is InChI=1S/C14H16N4O2/c15-14(19)12-10-13(16-20-12)18-8-6-17(7-9-18)11-4-2-1-3-5-11/h1-5,10H,6-9H2,(H2,15,19). The van der Waals surface area contributed by atoms with Crippen LogP contribution in [0, 0.1) is 0 Å². The van der Waals surface area contributed by atoms with Gasteiger partial charge in [-0.3, -0.25) is 4.79 Å². The fourth-order valence-corrected chi connectivity index (χ4v) is 2.36. The van der Waals surface area contributed by atoms with Crippen molar-refractivity contribution in [3.05, 3.63) is 42.2 Å². The minimum Gasteiger partial charge on any atom is -0.368 e. The van der Waals surface area contributed by atoms with Gasteiger partial charge in [-0.1, -0.05) is 23.4 Å². The lowest BCUT2D eigenvalue weighted by Crippen LogP contribution is -2.46. The molecule has 0 bridgehead atoms. The molecule has 104 valence electrons. The first-order valence-electron chi connectivity index (χ1n) is 6.55. The molecule has 1 aliphatic rings. The molecule has 1 aromatic heterocycles. The van der Waals surface area contributed by atoms with E-state index in [1.165, 1.54) is 5.69 Å². The number of anilines is 2. The molecule has 0 unspecified atom stereocenters. The maximum Gasteiger partial charge on any atom is 0.287 e. The summed E-state index contributed by atoms with van der Waals surface area (Å²) in [5.41, 5.74) is 6.38. The minimum absolute atomic E-state index is 0.102. The van der Waals surface area contributed by atoms with Crippen LogP contribution in [0.3, 0.4) is 0 Å². The summed E-state index contributed by atoms with van der Waals surface area (Å²) < 4.78 is 4.91. The molecule has 0 spiro atoms. The number of hydrogen-bond acceptors (Lipinski definition) is 5. The molecule has 6 heteroatoms. The van der Waals surface area contributed by atoms with Crippen LogP contribution in [-0.2, 0) is 0 Å². The Morgan fingerprint density at radius 2 is 1.75 bits per heavy atom. The highest BCUT2D eigenvalue weighted by molar-refractivity contribution is 5.90. The molecular formula is C14H16N4O2. The number of nitrogens with two attached hydrogens (primary N) is 1. The van der Waals surface area contributed by atoms with Crippen molar-refractivity contribution in [3.8, 4) is 0 Å². The van der Waals surface area contributed by atoms with E-state index >= 15 is 0 Å². The Balaban J connectivity index is 1.65. The molecule has 1 aliphatic heterocycles. The normalized spacial score (nSPS) is 15.4. The molecular weight excluding hydrogens is 256 g/mol. The first kappa shape index (κ1) is 12.5. The molecule has 1 amide bonds. The average molecular weight is 272 g/mol. The van der Waals surface area contributed by atoms with E-state index in [-0.39, 0.29) is 5.76 Å². The van der Waals surface area contributed by atoms with E-state index in [1.807, 2.05) is 18.2 Å². The van der Waals surface area contributed by atoms with Crippen LogP contribution in [0.2, 0.25) is 0 Å². The Kier molecular flexibility index (Phi) is 3.28. The Morgan fingerprint density at radius 1 is 1.10 bits per heavy atom. The van der Waals surface area contributed by atoms with Crippen LogP contribution < -0.4 is 15.5 Å². The molecule has 0 aliphatic carbocycles. The number of carbonyl (C=O) groups is 1. The summed E-state index contributed by atoms with van der Waals surface area (Å²) in [6, 6.07) is 11.9. The first-order chi connectivity index (χ1) is 9.74. The maximum absolute atomic E-state index is 11.0. The third-order valence-corrected chi connectivity index (χ3v) is 3.47. The number of rotatable bonds is 3. The summed E-state index contributed by atoms with van der Waals surface area (Å²) in [6.45, 7) is 3.48. The van der Waals surface area contributed by atoms with Crippen molar-refractivity contribution in [3.63, 3.8) is 0 Å². The second-order valence-corrected chi connectivity index (χ2v) is 4.72. The number of amides is 1. The van der Waals surface area contributed by atoms with E-state index in [4.69, 9.17) is 10.3 Å². The second kappa shape index (κ2) is 5.24. The third kappa shape index (κ3) is 2.45. The van der Waals surface area contributed by atoms with Crippen molar-refractivity contribution >= 4 is 17.4 Å². The van der Waals surface area contributed by atoms with Gasteiger partial charge in [-0.15, -0.1) is 0 Å². The van der Waals surface area contributed by atoms with Crippen molar-refractivity contribution in [2.75, 3.05) is 36.0 Å². The minimum atomic E-state index is -0.591. The van der Waals surface area contributed by atoms with Crippen molar-refractivity contribution < 1.29 is 9.32 Å². The summed E-state index contributed by atoms with van der Waals surface area (Å²) in [7, 11) is 0. The van der Waals surface area contributed by atoms with Gasteiger partial charge in [0, 0.05) is 37.9 Å². The van der Waals surface area contributed by atoms with Crippen molar-refractivity contribution in [2.45, 2.75) is 0 Å². The average Bonchev–Trinajstić information content (AvgIpc) is 2.98. The molecule has 0 atom stereocenters. The summed E-state index contributed by atoms with van der Waals surface area (Å²) >= 11 is 0. The van der Waals surface area contributed by atoms with Crippen molar-refractivity contribution in [2.24, 2.45) is 5.73 Å². The van der Waals surface area contributed by atoms with Crippen LogP contribution in [0.4, 0.5) is 11.5 Å². The quantitative estimate of drug-likeness (QED) is 0.905. The maximum atomic E-state index is 11.0. The molecule has 1 fully saturated rings. The summed E-state index contributed by atoms with van der Waals surface area (Å²) in [6.07, 6.45) is 0. The Morgan fingerprint density at radius 3 is 2.35 bits per heavy atom. The van der Waals surface area contributed by atoms with Gasteiger partial charge in [0.25, 0.3) is 5.91 Å². The number of benzene rings is 1. The van der Waals surface area contributed by atoms with Crippen molar-refractivity contribution in [1.82, 2.24) is 5.16 Å². The van der Waals surface area contributed by atoms with E-state index in [2.05, 4.69) is 27.1 Å². The zero-order valence-corrected chi connectivity index (χ0v) is 11.0. The Bertz CT molecular complexity index is 588. The molecule has 2 heterocycles. The smallest absolute Gasteiger partial charge is 0.287 e. The fraction of sp³-hybridized carbons (Fsp3) is 0.286. The zero-order valence-electron chi connectivity index (χ0n) is 11.0. The highest BCUT2D eigenvalue weighted by atomic mass is 16.5. The third-order valence-electron chi connectivity index (χ3n) is 3.47. The highest BCUT2D eigenvalue weighted by Gasteiger charge is 2.20. The molecule has 2 aromatic rings. The molecule has 20 heavy (non-hydrogen) atoms. The van der Waals surface area contributed by atoms with Crippen LogP contribution in [-0.4, -0.2) is 37.2 Å². The predicted octanol–water partition coefficient (Wildman–Crippen LogP) is 1.10. The highest BCUT2D eigenvalue weighted by Crippen LogP contribution is 2.20. The SMILES string of the molecule is NC(=O)c1cc(N2CCN(c3ccccc3)CC2)no1. The summed E-state index contributed by atoms with van der Waals surface area (Å²) in [4.78, 5) is 15.4. The van der Waals surface area contributed by atoms with Gasteiger partial charge < -0.3 is 20.1 Å². The number of carbonyl (C=O) groups excluding carboxylic acids is 1. The number of primary amides is 1. The van der Waals surface area contributed by atoms with Crippen LogP contribution in [0.5, 0.6) is 0 Å². The first-order valence-corrected chi connectivity index (χ1v) is 6.55. The zero-order chi connectivity index (χ0) is 13.9. The lowest BCUT2D eigenvalue weighted by molar-refractivity contribution is 0.0965. The van der Waals surface area contributed by atoms with Gasteiger partial charge in [-0.2, -0.15) is 0 Å². The predicted molar refractivity (Wildman–Crippen MR) is 75.9 cm³/mol. The van der Waals surface area contributed by atoms with Gasteiger partial charge in [-0.25, -0.2) is 0 Å². The Labute approximate surface area is 116 Å². The van der Waals surface area contributed by atoms with Crippen LogP contribution >= 0.6 is 0 Å². The molecule has 1 aromatic carbocycles. The number of nitrogens with zero attached hydrogens (tertiary/aromatic N) is 3. The molecule has 6 nitrogen and oxygen atoms in total. The van der Waals surface area contributed by atoms with E-state index in [0.29, 0.717) is 5.82 Å². The van der Waals surface area contributed by atoms with E-state index in [0.717, 1.165) is 26.2 Å². The van der Waals surface area contributed by atoms with E-state index in [9.17, 15) is 4.79 Å². The topological polar surface area (TPSA) is 75.6 Å². The summed E-state index contributed by atoms with van der Waals surface area (Å²) in [5.74, 6) is 0.184. The monoisotopic (exact) mass is 272 g/mol. The molecule has 3 rings (SSSR count).